The molecule has 11 heteroatoms. The normalized spacial score (nSPS) is 19.9. The SMILES string of the molecule is CO[C@@]1(N=Cc2cc(C(C)(C)C)c(O)c(C(C)(C)C)c2)C(=O)N2C(C(=O)[O-])=C(COC(C)=O)CS[C@H]21.C[N+](C)(C)Cc1ccccc1. The second kappa shape index (κ2) is 14.2. The van der Waals surface area contributed by atoms with Crippen LogP contribution in [0.4, 0.5) is 0 Å². The summed E-state index contributed by atoms with van der Waals surface area (Å²) >= 11 is 1.27. The first kappa shape index (κ1) is 37.8. The molecule has 256 valence electrons. The number of ether oxygens (including phenoxy) is 2. The molecule has 0 spiro atoms. The first-order valence-electron chi connectivity index (χ1n) is 15.5. The average Bonchev–Trinajstić information content (AvgIpc) is 2.95. The molecule has 0 aromatic heterocycles. The van der Waals surface area contributed by atoms with Gasteiger partial charge in [0.2, 0.25) is 0 Å². The number of aliphatic carboxylic acids is 1. The largest absolute Gasteiger partial charge is 0.543 e. The third-order valence-electron chi connectivity index (χ3n) is 7.69. The van der Waals surface area contributed by atoms with Crippen molar-refractivity contribution in [2.24, 2.45) is 4.99 Å². The third-order valence-corrected chi connectivity index (χ3v) is 9.05. The summed E-state index contributed by atoms with van der Waals surface area (Å²) in [4.78, 5) is 42.0. The van der Waals surface area contributed by atoms with Gasteiger partial charge >= 0.3 is 5.97 Å². The van der Waals surface area contributed by atoms with Crippen molar-refractivity contribution < 1.29 is 38.6 Å². The minimum Gasteiger partial charge on any atom is -0.543 e. The van der Waals surface area contributed by atoms with Gasteiger partial charge in [-0.3, -0.25) is 14.5 Å². The van der Waals surface area contributed by atoms with Gasteiger partial charge in [0.1, 0.15) is 24.3 Å². The highest BCUT2D eigenvalue weighted by Crippen LogP contribution is 2.48. The molecule has 0 unspecified atom stereocenters. The maximum absolute atomic E-state index is 13.3. The van der Waals surface area contributed by atoms with Crippen LogP contribution in [0.25, 0.3) is 0 Å². The van der Waals surface area contributed by atoms with Crippen LogP contribution in [-0.4, -0.2) is 90.3 Å². The molecule has 2 aromatic rings. The summed E-state index contributed by atoms with van der Waals surface area (Å²) in [6.45, 7) is 14.1. The molecule has 0 radical (unpaired) electrons. The highest BCUT2D eigenvalue weighted by atomic mass is 32.2. The van der Waals surface area contributed by atoms with Crippen molar-refractivity contribution >= 4 is 35.8 Å². The minimum absolute atomic E-state index is 0.202. The quantitative estimate of drug-likeness (QED) is 0.193. The molecular weight excluding hydrogens is 618 g/mol. The zero-order valence-corrected chi connectivity index (χ0v) is 30.3. The average molecular weight is 668 g/mol. The van der Waals surface area contributed by atoms with Crippen molar-refractivity contribution in [2.75, 3.05) is 40.6 Å². The number of carboxylic acids is 1. The number of quaternary nitrogens is 1. The smallest absolute Gasteiger partial charge is 0.302 e. The lowest BCUT2D eigenvalue weighted by atomic mass is 9.78. The van der Waals surface area contributed by atoms with Gasteiger partial charge in [0.15, 0.2) is 0 Å². The van der Waals surface area contributed by atoms with Crippen molar-refractivity contribution in [3.8, 4) is 5.75 Å². The van der Waals surface area contributed by atoms with E-state index in [1.807, 2.05) is 53.7 Å². The molecule has 2 aliphatic heterocycles. The molecule has 1 fully saturated rings. The topological polar surface area (TPSA) is 129 Å². The Labute approximate surface area is 283 Å². The number of methoxy groups -OCH3 is 1. The summed E-state index contributed by atoms with van der Waals surface area (Å²) in [5.74, 6) is -2.31. The maximum atomic E-state index is 13.3. The van der Waals surface area contributed by atoms with Gasteiger partial charge < -0.3 is 29.0 Å². The summed E-state index contributed by atoms with van der Waals surface area (Å²) in [6, 6.07) is 14.2. The van der Waals surface area contributed by atoms with E-state index in [2.05, 4.69) is 56.5 Å². The number of aliphatic imine (C=N–C) groups is 1. The first-order valence-corrected chi connectivity index (χ1v) is 16.5. The molecule has 1 saturated heterocycles. The molecule has 2 aliphatic rings. The standard InChI is InChI=1S/C26H34N2O7S.C10H16N/c1-14(29)35-12-16-13-36-23-26(34-8,22(33)28(23)19(16)21(31)32)27-11-15-9-17(24(2,3)4)20(30)18(10-15)25(5,6)7;1-11(2,3)9-10-7-5-4-6-8-10/h9-11,23,30H,12-13H2,1-8H3,(H,31,32);4-8H,9H2,1-3H3/q;+1/p-1/t23-,26-;/m0./s1. The molecule has 0 saturated carbocycles. The number of aromatic hydroxyl groups is 1. The summed E-state index contributed by atoms with van der Waals surface area (Å²) in [7, 11) is 7.95. The summed E-state index contributed by atoms with van der Waals surface area (Å²) in [5.41, 5.74) is 1.21. The molecule has 2 atom stereocenters. The van der Waals surface area contributed by atoms with Gasteiger partial charge in [0.25, 0.3) is 11.6 Å². The number of hydrogen-bond acceptors (Lipinski definition) is 9. The number of rotatable bonds is 8. The zero-order valence-electron chi connectivity index (χ0n) is 29.5. The Morgan fingerprint density at radius 1 is 1.09 bits per heavy atom. The second-order valence-electron chi connectivity index (χ2n) is 14.9. The van der Waals surface area contributed by atoms with Crippen molar-refractivity contribution in [1.29, 1.82) is 0 Å². The van der Waals surface area contributed by atoms with Crippen LogP contribution in [0.5, 0.6) is 5.75 Å². The van der Waals surface area contributed by atoms with E-state index in [-0.39, 0.29) is 40.2 Å². The Morgan fingerprint density at radius 2 is 1.64 bits per heavy atom. The number of β-lactam (4-membered cyclic amide) rings is 1. The van der Waals surface area contributed by atoms with Gasteiger partial charge in [-0.15, -0.1) is 11.8 Å². The molecule has 2 aromatic carbocycles. The lowest BCUT2D eigenvalue weighted by Crippen LogP contribution is -2.74. The van der Waals surface area contributed by atoms with Crippen LogP contribution in [0, 0.1) is 0 Å². The molecule has 1 amide bonds. The van der Waals surface area contributed by atoms with Crippen LogP contribution in [-0.2, 0) is 41.2 Å². The number of thioether (sulfide) groups is 1. The number of esters is 1. The number of amides is 1. The third kappa shape index (κ3) is 8.82. The van der Waals surface area contributed by atoms with Gasteiger partial charge in [-0.05, 0) is 28.5 Å². The molecular formula is C36H49N3O7S. The molecule has 0 aliphatic carbocycles. The van der Waals surface area contributed by atoms with Crippen molar-refractivity contribution in [3.63, 3.8) is 0 Å². The van der Waals surface area contributed by atoms with E-state index >= 15 is 0 Å². The number of fused-ring (bicyclic) bond motifs is 1. The van der Waals surface area contributed by atoms with E-state index in [0.29, 0.717) is 5.56 Å². The summed E-state index contributed by atoms with van der Waals surface area (Å²) < 4.78 is 11.5. The Morgan fingerprint density at radius 3 is 2.09 bits per heavy atom. The number of nitrogens with zero attached hydrogens (tertiary/aromatic N) is 3. The van der Waals surface area contributed by atoms with Crippen LogP contribution < -0.4 is 5.11 Å². The molecule has 0 bridgehead atoms. The fourth-order valence-corrected chi connectivity index (χ4v) is 6.81. The Kier molecular flexibility index (Phi) is 11.4. The molecule has 4 rings (SSSR count). The van der Waals surface area contributed by atoms with Crippen molar-refractivity contribution in [2.45, 2.75) is 76.9 Å². The lowest BCUT2D eigenvalue weighted by molar-refractivity contribution is -0.884. The van der Waals surface area contributed by atoms with E-state index in [4.69, 9.17) is 9.47 Å². The van der Waals surface area contributed by atoms with E-state index in [9.17, 15) is 24.6 Å². The predicted molar refractivity (Wildman–Crippen MR) is 183 cm³/mol. The highest BCUT2D eigenvalue weighted by Gasteiger charge is 2.65. The number of hydrogen-bond donors (Lipinski definition) is 1. The summed E-state index contributed by atoms with van der Waals surface area (Å²) in [5, 5.41) is 22.1. The Balaban J connectivity index is 0.000000461. The number of carbonyl (C=O) groups is 3. The maximum Gasteiger partial charge on any atom is 0.302 e. The number of phenols is 1. The Hall–Kier alpha value is -3.67. The van der Waals surface area contributed by atoms with Crippen molar-refractivity contribution in [1.82, 2.24) is 4.90 Å². The van der Waals surface area contributed by atoms with Crippen LogP contribution in [0.15, 0.2) is 58.7 Å². The van der Waals surface area contributed by atoms with Gasteiger partial charge in [-0.1, -0.05) is 71.9 Å². The number of benzene rings is 2. The summed E-state index contributed by atoms with van der Waals surface area (Å²) in [6.07, 6.45) is 1.53. The van der Waals surface area contributed by atoms with Crippen LogP contribution >= 0.6 is 11.8 Å². The number of phenolic OH excluding ortho intramolecular Hbond substituents is 1. The molecule has 47 heavy (non-hydrogen) atoms. The second-order valence-corrected chi connectivity index (χ2v) is 16.0. The number of carboxylic acid groups (broad SMARTS) is 1. The van der Waals surface area contributed by atoms with Gasteiger partial charge in [-0.25, -0.2) is 4.99 Å². The van der Waals surface area contributed by atoms with Crippen LogP contribution in [0.3, 0.4) is 0 Å². The zero-order chi connectivity index (χ0) is 35.5. The van der Waals surface area contributed by atoms with E-state index < -0.39 is 28.9 Å². The highest BCUT2D eigenvalue weighted by molar-refractivity contribution is 8.00. The fourth-order valence-electron chi connectivity index (χ4n) is 5.40. The predicted octanol–water partition coefficient (Wildman–Crippen LogP) is 4.12. The van der Waals surface area contributed by atoms with Crippen LogP contribution in [0.1, 0.15) is 70.7 Å². The van der Waals surface area contributed by atoms with Crippen LogP contribution in [0.2, 0.25) is 0 Å². The van der Waals surface area contributed by atoms with E-state index in [1.165, 1.54) is 37.6 Å². The lowest BCUT2D eigenvalue weighted by Gasteiger charge is -2.54. The Bertz CT molecular complexity index is 1510. The van der Waals surface area contributed by atoms with Gasteiger partial charge in [0.05, 0.1) is 32.8 Å². The molecule has 2 heterocycles. The van der Waals surface area contributed by atoms with Crippen molar-refractivity contribution in [3.05, 3.63) is 76.0 Å². The molecule has 10 nitrogen and oxygen atoms in total. The monoisotopic (exact) mass is 667 g/mol. The minimum atomic E-state index is -1.62. The number of carbonyl (C=O) groups excluding carboxylic acids is 3. The van der Waals surface area contributed by atoms with E-state index in [1.54, 1.807) is 0 Å². The van der Waals surface area contributed by atoms with Gasteiger partial charge in [-0.2, -0.15) is 0 Å². The van der Waals surface area contributed by atoms with Gasteiger partial charge in [0, 0.05) is 48.3 Å². The molecule has 1 N–H and O–H groups in total. The first-order chi connectivity index (χ1) is 21.6. The van der Waals surface area contributed by atoms with E-state index in [0.717, 1.165) is 27.1 Å². The fraction of sp³-hybridized carbons (Fsp3) is 0.500.